The molecule has 0 radical (unpaired) electrons. The van der Waals surface area contributed by atoms with Crippen molar-refractivity contribution in [3.63, 3.8) is 0 Å². The number of benzene rings is 1. The maximum atomic E-state index is 11.8. The Morgan fingerprint density at radius 1 is 1.29 bits per heavy atom. The molecule has 1 saturated carbocycles. The van der Waals surface area contributed by atoms with Crippen LogP contribution >= 0.6 is 0 Å². The van der Waals surface area contributed by atoms with Crippen LogP contribution in [0.1, 0.15) is 44.7 Å². The number of hydrogen-bond donors (Lipinski definition) is 0. The van der Waals surface area contributed by atoms with Gasteiger partial charge in [0.05, 0.1) is 12.0 Å². The molecular formula is C15H18O2. The maximum Gasteiger partial charge on any atom is 0.140 e. The van der Waals surface area contributed by atoms with E-state index in [1.807, 2.05) is 6.07 Å². The fraction of sp³-hybridized carbons (Fsp3) is 0.533. The summed E-state index contributed by atoms with van der Waals surface area (Å²) < 4.78 is 5.68. The molecule has 0 saturated heterocycles. The molecule has 1 aromatic carbocycles. The van der Waals surface area contributed by atoms with Crippen LogP contribution in [-0.4, -0.2) is 12.4 Å². The molecule has 2 aliphatic rings. The van der Waals surface area contributed by atoms with Gasteiger partial charge < -0.3 is 4.74 Å². The number of hydrogen-bond acceptors (Lipinski definition) is 2. The third-order valence-electron chi connectivity index (χ3n) is 4.27. The van der Waals surface area contributed by atoms with Gasteiger partial charge in [0, 0.05) is 11.0 Å². The van der Waals surface area contributed by atoms with Crippen LogP contribution in [0.2, 0.25) is 0 Å². The van der Waals surface area contributed by atoms with Crippen LogP contribution < -0.4 is 4.74 Å². The average molecular weight is 230 g/mol. The molecule has 0 unspecified atom stereocenters. The van der Waals surface area contributed by atoms with Gasteiger partial charge in [0.15, 0.2) is 0 Å². The van der Waals surface area contributed by atoms with E-state index in [2.05, 4.69) is 26.0 Å². The lowest BCUT2D eigenvalue weighted by molar-refractivity contribution is -0.119. The van der Waals surface area contributed by atoms with Gasteiger partial charge in [-0.2, -0.15) is 0 Å². The normalized spacial score (nSPS) is 22.8. The third kappa shape index (κ3) is 1.43. The second-order valence-corrected chi connectivity index (χ2v) is 6.02. The Labute approximate surface area is 102 Å². The minimum atomic E-state index is -0.173. The van der Waals surface area contributed by atoms with Crippen molar-refractivity contribution in [2.24, 2.45) is 0 Å². The Balaban J connectivity index is 2.08. The Kier molecular flexibility index (Phi) is 1.99. The molecule has 1 fully saturated rings. The summed E-state index contributed by atoms with van der Waals surface area (Å²) in [5.41, 5.74) is 2.33. The third-order valence-corrected chi connectivity index (χ3v) is 4.27. The smallest absolute Gasteiger partial charge is 0.140 e. The molecule has 17 heavy (non-hydrogen) atoms. The highest BCUT2D eigenvalue weighted by atomic mass is 16.5. The van der Waals surface area contributed by atoms with Crippen LogP contribution in [0.3, 0.4) is 0 Å². The van der Waals surface area contributed by atoms with Crippen molar-refractivity contribution < 1.29 is 9.53 Å². The van der Waals surface area contributed by atoms with Crippen LogP contribution in [0.15, 0.2) is 18.2 Å². The van der Waals surface area contributed by atoms with Gasteiger partial charge in [-0.05, 0) is 31.4 Å². The van der Waals surface area contributed by atoms with Crippen molar-refractivity contribution in [2.45, 2.75) is 44.4 Å². The van der Waals surface area contributed by atoms with Gasteiger partial charge in [-0.25, -0.2) is 0 Å². The lowest BCUT2D eigenvalue weighted by Crippen LogP contribution is -2.20. The highest BCUT2D eigenvalue weighted by Gasteiger charge is 2.49. The van der Waals surface area contributed by atoms with Crippen molar-refractivity contribution in [3.8, 4) is 5.75 Å². The Morgan fingerprint density at radius 3 is 2.59 bits per heavy atom. The highest BCUT2D eigenvalue weighted by Crippen LogP contribution is 2.51. The largest absolute Gasteiger partial charge is 0.492 e. The molecule has 0 spiro atoms. The summed E-state index contributed by atoms with van der Waals surface area (Å²) in [5.74, 6) is 1.28. The highest BCUT2D eigenvalue weighted by molar-refractivity contribution is 5.91. The summed E-state index contributed by atoms with van der Waals surface area (Å²) in [6, 6.07) is 6.29. The van der Waals surface area contributed by atoms with Crippen LogP contribution in [0.25, 0.3) is 0 Å². The molecule has 0 amide bonds. The topological polar surface area (TPSA) is 26.3 Å². The number of rotatable bonds is 2. The summed E-state index contributed by atoms with van der Waals surface area (Å²) in [4.78, 5) is 11.8. The quantitative estimate of drug-likeness (QED) is 0.780. The first-order valence-electron chi connectivity index (χ1n) is 6.25. The van der Waals surface area contributed by atoms with Crippen molar-refractivity contribution in [3.05, 3.63) is 29.3 Å². The Hall–Kier alpha value is -1.31. The summed E-state index contributed by atoms with van der Waals surface area (Å²) in [6.07, 6.45) is 2.00. The van der Waals surface area contributed by atoms with E-state index < -0.39 is 0 Å². The molecule has 1 aliphatic heterocycles. The van der Waals surface area contributed by atoms with Crippen LogP contribution in [0, 0.1) is 0 Å². The van der Waals surface area contributed by atoms with Crippen LogP contribution in [0.5, 0.6) is 5.75 Å². The molecule has 2 nitrogen and oxygen atoms in total. The number of ketones is 1. The van der Waals surface area contributed by atoms with E-state index in [4.69, 9.17) is 4.74 Å². The summed E-state index contributed by atoms with van der Waals surface area (Å²) in [7, 11) is 0. The zero-order valence-corrected chi connectivity index (χ0v) is 10.7. The molecular weight excluding hydrogens is 212 g/mol. The number of Topliss-reactive ketones (excluding diaryl/α,β-unsaturated/α-hetero) is 1. The molecule has 1 aliphatic carbocycles. The van der Waals surface area contributed by atoms with Gasteiger partial charge in [0.25, 0.3) is 0 Å². The standard InChI is InChI=1S/C15H18O2/c1-10(16)15(6-7-15)11-4-5-13-12(8-11)14(2,3)9-17-13/h4-5,8H,6-7,9H2,1-3H3. The number of fused-ring (bicyclic) bond motifs is 1. The molecule has 0 atom stereocenters. The number of carbonyl (C=O) groups is 1. The molecule has 2 heteroatoms. The van der Waals surface area contributed by atoms with Gasteiger partial charge in [-0.1, -0.05) is 26.0 Å². The monoisotopic (exact) mass is 230 g/mol. The molecule has 0 aromatic heterocycles. The lowest BCUT2D eigenvalue weighted by Gasteiger charge is -2.18. The van der Waals surface area contributed by atoms with Gasteiger partial charge in [-0.3, -0.25) is 4.79 Å². The molecule has 1 heterocycles. The average Bonchev–Trinajstić information content (AvgIpc) is 3.02. The van der Waals surface area contributed by atoms with Gasteiger partial charge in [0.1, 0.15) is 11.5 Å². The maximum absolute atomic E-state index is 11.8. The second kappa shape index (κ2) is 3.12. The molecule has 3 rings (SSSR count). The molecule has 1 aromatic rings. The first kappa shape index (κ1) is 10.8. The first-order valence-corrected chi connectivity index (χ1v) is 6.25. The fourth-order valence-corrected chi connectivity index (χ4v) is 2.79. The van der Waals surface area contributed by atoms with Gasteiger partial charge in [-0.15, -0.1) is 0 Å². The van der Waals surface area contributed by atoms with Crippen LogP contribution in [0.4, 0.5) is 0 Å². The SMILES string of the molecule is CC(=O)C1(c2ccc3c(c2)C(C)(C)CO3)CC1. The zero-order valence-electron chi connectivity index (χ0n) is 10.7. The van der Waals surface area contributed by atoms with Gasteiger partial charge in [0.2, 0.25) is 0 Å². The second-order valence-electron chi connectivity index (χ2n) is 6.02. The van der Waals surface area contributed by atoms with E-state index >= 15 is 0 Å². The minimum absolute atomic E-state index is 0.0677. The van der Waals surface area contributed by atoms with Crippen molar-refractivity contribution in [1.29, 1.82) is 0 Å². The Bertz CT molecular complexity index is 496. The van der Waals surface area contributed by atoms with E-state index in [-0.39, 0.29) is 10.8 Å². The number of carbonyl (C=O) groups excluding carboxylic acids is 1. The van der Waals surface area contributed by atoms with Crippen LogP contribution in [-0.2, 0) is 15.6 Å². The Morgan fingerprint density at radius 2 is 2.00 bits per heavy atom. The molecule has 0 N–H and O–H groups in total. The predicted octanol–water partition coefficient (Wildman–Crippen LogP) is 2.98. The lowest BCUT2D eigenvalue weighted by atomic mass is 9.83. The number of ether oxygens (including phenoxy) is 1. The summed E-state index contributed by atoms with van der Waals surface area (Å²) in [5, 5.41) is 0. The fourth-order valence-electron chi connectivity index (χ4n) is 2.79. The van der Waals surface area contributed by atoms with E-state index in [0.29, 0.717) is 5.78 Å². The molecule has 90 valence electrons. The minimum Gasteiger partial charge on any atom is -0.492 e. The first-order chi connectivity index (χ1) is 7.96. The van der Waals surface area contributed by atoms with E-state index in [0.717, 1.165) is 25.2 Å². The van der Waals surface area contributed by atoms with Crippen molar-refractivity contribution in [2.75, 3.05) is 6.61 Å². The van der Waals surface area contributed by atoms with E-state index in [1.54, 1.807) is 6.92 Å². The summed E-state index contributed by atoms with van der Waals surface area (Å²) >= 11 is 0. The van der Waals surface area contributed by atoms with E-state index in [9.17, 15) is 4.79 Å². The van der Waals surface area contributed by atoms with Crippen molar-refractivity contribution in [1.82, 2.24) is 0 Å². The molecule has 0 bridgehead atoms. The van der Waals surface area contributed by atoms with Crippen molar-refractivity contribution >= 4 is 5.78 Å². The van der Waals surface area contributed by atoms with E-state index in [1.165, 1.54) is 11.1 Å². The van der Waals surface area contributed by atoms with Gasteiger partial charge >= 0.3 is 0 Å². The summed E-state index contributed by atoms with van der Waals surface area (Å²) in [6.45, 7) is 6.83. The zero-order chi connectivity index (χ0) is 12.3. The predicted molar refractivity (Wildman–Crippen MR) is 66.6 cm³/mol.